The van der Waals surface area contributed by atoms with Crippen LogP contribution in [0.3, 0.4) is 0 Å². The fraction of sp³-hybridized carbons (Fsp3) is 0.250. The fourth-order valence-electron chi connectivity index (χ4n) is 3.85. The highest BCUT2D eigenvalue weighted by atomic mass is 31.1. The molecular weight excluding hydrogens is 415 g/mol. The van der Waals surface area contributed by atoms with E-state index in [-0.39, 0.29) is 18.0 Å². The van der Waals surface area contributed by atoms with Crippen molar-refractivity contribution in [3.05, 3.63) is 104 Å². The molecule has 32 heavy (non-hydrogen) atoms. The molecule has 0 bridgehead atoms. The molecule has 2 aromatic rings. The predicted octanol–water partition coefficient (Wildman–Crippen LogP) is 5.35. The molecule has 0 spiro atoms. The zero-order valence-corrected chi connectivity index (χ0v) is 19.6. The lowest BCUT2D eigenvalue weighted by Crippen LogP contribution is -2.28. The third-order valence-corrected chi connectivity index (χ3v) is 7.80. The minimum absolute atomic E-state index is 0.148. The van der Waals surface area contributed by atoms with E-state index in [9.17, 15) is 9.59 Å². The second-order valence-corrected chi connectivity index (χ2v) is 10.4. The van der Waals surface area contributed by atoms with Gasteiger partial charge in [0.25, 0.3) is 0 Å². The molecule has 1 aliphatic carbocycles. The number of benzene rings is 2. The smallest absolute Gasteiger partial charge is 0.314 e. The average Bonchev–Trinajstić information content (AvgIpc) is 3.24. The number of ether oxygens (including phenoxy) is 1. The monoisotopic (exact) mass is 445 g/mol. The summed E-state index contributed by atoms with van der Waals surface area (Å²) in [6.07, 6.45) is 8.13. The van der Waals surface area contributed by atoms with Crippen molar-refractivity contribution in [3.8, 4) is 0 Å². The van der Waals surface area contributed by atoms with Crippen LogP contribution >= 0.6 is 7.92 Å². The summed E-state index contributed by atoms with van der Waals surface area (Å²) >= 11 is 0. The second-order valence-electron chi connectivity index (χ2n) is 8.26. The molecule has 0 amide bonds. The summed E-state index contributed by atoms with van der Waals surface area (Å²) in [4.78, 5) is 24.2. The van der Waals surface area contributed by atoms with Gasteiger partial charge in [0.05, 0.1) is 0 Å². The van der Waals surface area contributed by atoms with Crippen molar-refractivity contribution in [2.45, 2.75) is 39.2 Å². The maximum atomic E-state index is 13.3. The maximum absolute atomic E-state index is 13.3. The van der Waals surface area contributed by atoms with Gasteiger partial charge in [-0.3, -0.25) is 4.79 Å². The highest BCUT2D eigenvalue weighted by molar-refractivity contribution is 7.76. The molecule has 3 nitrogen and oxygen atoms in total. The summed E-state index contributed by atoms with van der Waals surface area (Å²) in [6, 6.07) is 20.6. The van der Waals surface area contributed by atoms with E-state index < -0.39 is 7.92 Å². The van der Waals surface area contributed by atoms with E-state index in [0.29, 0.717) is 25.2 Å². The van der Waals surface area contributed by atoms with Crippen LogP contribution in [0.25, 0.3) is 0 Å². The standard InChI is InChI=1S/C28H30O3P/c1-21(2)19-23(20-22(3)17-18-29)31-28(30)26-15-10-16-27(26)32(24-11-6-4-7-12-24)25-13-8-5-9-14-25/h4-16,18,22-23H,1,17,19-20H2,2-3H3/t22?,23-/m0/s1. The Kier molecular flexibility index (Phi) is 9.23. The highest BCUT2D eigenvalue weighted by Crippen LogP contribution is 2.56. The van der Waals surface area contributed by atoms with Gasteiger partial charge in [-0.2, -0.15) is 0 Å². The molecule has 1 saturated carbocycles. The molecular formula is C28H30O3P. The van der Waals surface area contributed by atoms with Crippen LogP contribution in [0.15, 0.2) is 72.8 Å². The van der Waals surface area contributed by atoms with Crippen molar-refractivity contribution in [2.24, 2.45) is 5.92 Å². The summed E-state index contributed by atoms with van der Waals surface area (Å²) in [6.45, 7) is 7.93. The molecule has 2 atom stereocenters. The average molecular weight is 446 g/mol. The molecule has 0 heterocycles. The predicted molar refractivity (Wildman–Crippen MR) is 132 cm³/mol. The lowest BCUT2D eigenvalue weighted by atomic mass is 9.97. The highest BCUT2D eigenvalue weighted by Gasteiger charge is 2.42. The number of esters is 1. The minimum Gasteiger partial charge on any atom is -0.462 e. The molecule has 1 fully saturated rings. The Morgan fingerprint density at radius 1 is 1.03 bits per heavy atom. The van der Waals surface area contributed by atoms with Gasteiger partial charge >= 0.3 is 5.97 Å². The van der Waals surface area contributed by atoms with Crippen molar-refractivity contribution in [2.75, 3.05) is 0 Å². The second kappa shape index (κ2) is 12.1. The first-order chi connectivity index (χ1) is 15.5. The molecule has 0 N–H and O–H groups in total. The van der Waals surface area contributed by atoms with Gasteiger partial charge in [-0.15, -0.1) is 6.58 Å². The number of hydrogen-bond acceptors (Lipinski definition) is 3. The molecule has 4 heteroatoms. The Morgan fingerprint density at radius 3 is 2.16 bits per heavy atom. The van der Waals surface area contributed by atoms with Crippen LogP contribution in [0, 0.1) is 36.8 Å². The third-order valence-electron chi connectivity index (χ3n) is 5.30. The molecule has 3 rings (SSSR count). The van der Waals surface area contributed by atoms with E-state index in [4.69, 9.17) is 4.74 Å². The van der Waals surface area contributed by atoms with Gasteiger partial charge in [0.15, 0.2) is 0 Å². The van der Waals surface area contributed by atoms with Crippen LogP contribution in [0.2, 0.25) is 0 Å². The quantitative estimate of drug-likeness (QED) is 0.203. The van der Waals surface area contributed by atoms with Gasteiger partial charge in [-0.05, 0) is 57.1 Å². The van der Waals surface area contributed by atoms with Crippen molar-refractivity contribution in [1.29, 1.82) is 0 Å². The zero-order chi connectivity index (χ0) is 22.9. The molecule has 0 aromatic heterocycles. The van der Waals surface area contributed by atoms with Crippen molar-refractivity contribution in [1.82, 2.24) is 0 Å². The minimum atomic E-state index is -0.891. The van der Waals surface area contributed by atoms with Gasteiger partial charge in [0, 0.05) is 18.5 Å². The first-order valence-corrected chi connectivity index (χ1v) is 12.3. The Balaban J connectivity index is 1.82. The molecule has 2 aromatic carbocycles. The van der Waals surface area contributed by atoms with Crippen LogP contribution in [0.1, 0.15) is 33.1 Å². The lowest BCUT2D eigenvalue weighted by Gasteiger charge is -2.29. The Labute approximate surface area is 194 Å². The molecule has 165 valence electrons. The molecule has 1 unspecified atom stereocenters. The normalized spacial score (nSPS) is 16.6. The van der Waals surface area contributed by atoms with Crippen LogP contribution in [-0.4, -0.2) is 18.4 Å². The number of carbonyl (C=O) groups excluding carboxylic acids is 2. The Morgan fingerprint density at radius 2 is 1.62 bits per heavy atom. The Hall–Kier alpha value is -2.25. The maximum Gasteiger partial charge on any atom is 0.314 e. The first-order valence-electron chi connectivity index (χ1n) is 10.9. The van der Waals surface area contributed by atoms with E-state index in [0.717, 1.165) is 17.5 Å². The van der Waals surface area contributed by atoms with Gasteiger partial charge < -0.3 is 9.53 Å². The summed E-state index contributed by atoms with van der Waals surface area (Å²) < 4.78 is 5.98. The van der Waals surface area contributed by atoms with E-state index in [1.807, 2.05) is 69.5 Å². The van der Waals surface area contributed by atoms with E-state index in [2.05, 4.69) is 30.8 Å². The zero-order valence-electron chi connectivity index (χ0n) is 18.7. The summed E-state index contributed by atoms with van der Waals surface area (Å²) in [5.41, 5.74) is 1.96. The van der Waals surface area contributed by atoms with Crippen molar-refractivity contribution < 1.29 is 14.3 Å². The van der Waals surface area contributed by atoms with Crippen molar-refractivity contribution in [3.63, 3.8) is 0 Å². The summed E-state index contributed by atoms with van der Waals surface area (Å²) in [5.74, 6) is 0.446. The molecule has 0 saturated heterocycles. The van der Waals surface area contributed by atoms with Crippen molar-refractivity contribution >= 4 is 30.8 Å². The van der Waals surface area contributed by atoms with Gasteiger partial charge in [0.1, 0.15) is 18.3 Å². The first kappa shape index (κ1) is 24.4. The SMILES string of the molecule is C=C(C)C[C@@H](CC(C)CC=O)OC(=O)[C]1[CH][CH][CH][C]1P(c1ccccc1)c1ccccc1. The molecule has 1 aliphatic rings. The largest absolute Gasteiger partial charge is 0.462 e. The van der Waals surface area contributed by atoms with E-state index in [1.165, 1.54) is 10.6 Å². The molecule has 0 aliphatic heterocycles. The van der Waals surface area contributed by atoms with Gasteiger partial charge in [-0.25, -0.2) is 0 Å². The molecule has 5 radical (unpaired) electrons. The fourth-order valence-corrected chi connectivity index (χ4v) is 6.28. The summed E-state index contributed by atoms with van der Waals surface area (Å²) in [7, 11) is -0.891. The van der Waals surface area contributed by atoms with E-state index in [1.54, 1.807) is 0 Å². The lowest BCUT2D eigenvalue weighted by molar-refractivity contribution is -0.146. The number of hydrogen-bond donors (Lipinski definition) is 0. The van der Waals surface area contributed by atoms with E-state index >= 15 is 0 Å². The van der Waals surface area contributed by atoms with Crippen LogP contribution < -0.4 is 10.6 Å². The summed E-state index contributed by atoms with van der Waals surface area (Å²) in [5, 5.41) is 2.37. The Bertz CT molecular complexity index is 841. The topological polar surface area (TPSA) is 43.4 Å². The number of aldehydes is 1. The van der Waals surface area contributed by atoms with Crippen LogP contribution in [-0.2, 0) is 14.3 Å². The number of rotatable bonds is 11. The van der Waals surface area contributed by atoms with Gasteiger partial charge in [-0.1, -0.05) is 73.2 Å². The van der Waals surface area contributed by atoms with Crippen LogP contribution in [0.4, 0.5) is 0 Å². The van der Waals surface area contributed by atoms with Gasteiger partial charge in [0.2, 0.25) is 0 Å². The number of carbonyl (C=O) groups is 2. The third kappa shape index (κ3) is 6.62. The van der Waals surface area contributed by atoms with Crippen LogP contribution in [0.5, 0.6) is 0 Å².